The molecule has 1 aliphatic rings. The van der Waals surface area contributed by atoms with Gasteiger partial charge in [-0.2, -0.15) is 37.0 Å². The van der Waals surface area contributed by atoms with Crippen molar-refractivity contribution in [1.29, 1.82) is 0 Å². The number of rotatable bonds is 16. The van der Waals surface area contributed by atoms with E-state index in [1.807, 2.05) is 133 Å². The molecule has 0 N–H and O–H groups in total. The van der Waals surface area contributed by atoms with E-state index in [9.17, 15) is 5.48 Å². The summed E-state index contributed by atoms with van der Waals surface area (Å²) in [5.41, 5.74) is 7.74. The number of anilines is 3. The Kier molecular flexibility index (Phi) is 9.41. The zero-order valence-electron chi connectivity index (χ0n) is 56.9. The van der Waals surface area contributed by atoms with Gasteiger partial charge in [-0.3, -0.25) is 0 Å². The van der Waals surface area contributed by atoms with E-state index in [0.717, 1.165) is 33.3 Å². The van der Waals surface area contributed by atoms with Crippen LogP contribution in [-0.2, 0) is 46.8 Å². The van der Waals surface area contributed by atoms with Crippen molar-refractivity contribution < 1.29 is 50.5 Å². The Morgan fingerprint density at radius 1 is 0.625 bits per heavy atom. The first-order chi connectivity index (χ1) is 42.0. The van der Waals surface area contributed by atoms with Gasteiger partial charge in [0.05, 0.1) is 6.61 Å². The molecule has 3 heterocycles. The molecule has 72 heavy (non-hydrogen) atoms. The van der Waals surface area contributed by atoms with E-state index in [4.69, 9.17) is 28.9 Å². The third-order valence-corrected chi connectivity index (χ3v) is 12.8. The van der Waals surface area contributed by atoms with Gasteiger partial charge in [0.25, 0.3) is 0 Å². The summed E-state index contributed by atoms with van der Waals surface area (Å²) in [5.74, 6) is -6.70. The minimum Gasteiger partial charge on any atom is -0.517 e. The maximum absolute atomic E-state index is 9.40. The summed E-state index contributed by atoms with van der Waals surface area (Å²) < 4.78 is 163. The topological polar surface area (TPSA) is 33.5 Å². The van der Waals surface area contributed by atoms with E-state index in [0.29, 0.717) is 63.3 Å². The van der Waals surface area contributed by atoms with Crippen molar-refractivity contribution >= 4 is 38.9 Å². The standard InChI is InChI=1S/C66H59N4O.Pt/c1-46(2)37-53-26-17-29-57(50-22-10-6-11-23-50)58(53)30-18-36-68-45-69(63-35-32-52(40-65(63)68)49-20-8-5-9-21-49)55-27-16-19-48(39-55)44-71-56-33-34-60-59-28-14-15-31-62(59)70(64(60)42-56)66-41-54(38-47(3)4)61(43-67-66)51-24-12-7-13-25-51;/h5-17,19-29,31-35,40-41,43,45-47H,18,30,36-38,44H2,1-4H3;/q-3;/i1D3,2D3,3D3,4D3,37D2,38D2,46D,47D;. The Bertz CT molecular complexity index is 4200. The van der Waals surface area contributed by atoms with Crippen LogP contribution in [0.15, 0.2) is 194 Å². The predicted octanol–water partition coefficient (Wildman–Crippen LogP) is 16.5. The summed E-state index contributed by atoms with van der Waals surface area (Å²) in [4.78, 5) is 8.87. The number of hydrogen-bond donors (Lipinski definition) is 0. The van der Waals surface area contributed by atoms with Gasteiger partial charge in [0.15, 0.2) is 0 Å². The Morgan fingerprint density at radius 3 is 2.08 bits per heavy atom. The van der Waals surface area contributed by atoms with Crippen molar-refractivity contribution in [2.75, 3.05) is 16.3 Å². The molecule has 0 amide bonds. The Labute approximate surface area is 465 Å². The number of ether oxygens (including phenoxy) is 1. The first kappa shape index (κ1) is 31.3. The van der Waals surface area contributed by atoms with Crippen LogP contribution in [0.2, 0.25) is 0 Å². The van der Waals surface area contributed by atoms with Crippen LogP contribution in [0.1, 0.15) is 80.8 Å². The molecule has 10 aromatic rings. The number of para-hydroxylation sites is 1. The van der Waals surface area contributed by atoms with Gasteiger partial charge in [-0.25, -0.2) is 4.98 Å². The zero-order valence-corrected chi connectivity index (χ0v) is 41.2. The SMILES string of the molecule is [2H]C([2H])([2H])C([2H])(C([2H])([2H])[2H])C([2H])([2H])c1cc(-n2c3[c-]c(OCc4[c-]c(N5[CH-]N(CCCc6c(-c7ccccc7)cccc6C([2H])([2H])C([2H])(C([2H])([2H])[2H])C([2H])([2H])[2H])c6cc(-c7ccccc7)ccc65)ccc4)ccc3c3ccccc32)ncc1-c1ccccc1.[Pt]. The van der Waals surface area contributed by atoms with Gasteiger partial charge in [-0.1, -0.05) is 166 Å². The molecular formula is C66H59N4OPt-3. The average Bonchev–Trinajstić information content (AvgIpc) is 0.912. The third-order valence-electron chi connectivity index (χ3n) is 12.8. The van der Waals surface area contributed by atoms with Crippen molar-refractivity contribution in [2.45, 2.75) is 59.6 Å². The van der Waals surface area contributed by atoms with Crippen molar-refractivity contribution in [1.82, 2.24) is 9.55 Å². The molecule has 5 nitrogen and oxygen atoms in total. The largest absolute Gasteiger partial charge is 0.517 e. The number of nitrogens with zero attached hydrogens (tertiary/aromatic N) is 4. The second kappa shape index (κ2) is 21.7. The molecule has 0 aliphatic carbocycles. The summed E-state index contributed by atoms with van der Waals surface area (Å²) in [6.45, 7) is -11.9. The first-order valence-electron chi connectivity index (χ1n) is 32.4. The Hall–Kier alpha value is -7.20. The second-order valence-electron chi connectivity index (χ2n) is 17.3. The maximum Gasteiger partial charge on any atom is 0.135 e. The molecule has 1 aliphatic heterocycles. The van der Waals surface area contributed by atoms with Crippen LogP contribution in [0.5, 0.6) is 5.75 Å². The quantitative estimate of drug-likeness (QED) is 0.0903. The molecule has 11 rings (SSSR count). The number of fused-ring (bicyclic) bond motifs is 4. The smallest absolute Gasteiger partial charge is 0.135 e. The molecule has 2 aromatic heterocycles. The van der Waals surface area contributed by atoms with E-state index < -0.39 is 51.9 Å². The molecule has 0 atom stereocenters. The van der Waals surface area contributed by atoms with Crippen LogP contribution in [0.4, 0.5) is 17.1 Å². The van der Waals surface area contributed by atoms with Crippen LogP contribution < -0.4 is 14.5 Å². The molecule has 0 saturated heterocycles. The minimum absolute atomic E-state index is 0. The Balaban J connectivity index is 0.00000891. The number of aromatic nitrogens is 2. The van der Waals surface area contributed by atoms with E-state index in [1.54, 1.807) is 53.1 Å². The molecule has 0 bridgehead atoms. The zero-order chi connectivity index (χ0) is 63.7. The van der Waals surface area contributed by atoms with Crippen molar-refractivity contribution in [3.8, 4) is 44.9 Å². The molecule has 6 heteroatoms. The fourth-order valence-corrected chi connectivity index (χ4v) is 9.56. The van der Waals surface area contributed by atoms with Crippen molar-refractivity contribution in [3.05, 3.63) is 235 Å². The van der Waals surface area contributed by atoms with Crippen LogP contribution in [0.25, 0.3) is 61.0 Å². The van der Waals surface area contributed by atoms with Gasteiger partial charge in [0.2, 0.25) is 0 Å². The monoisotopic (exact) mass is 1140 g/mol. The molecule has 0 saturated carbocycles. The summed E-state index contributed by atoms with van der Waals surface area (Å²) in [6.07, 6.45) is -4.55. The normalized spacial score (nSPS) is 17.3. The van der Waals surface area contributed by atoms with Crippen LogP contribution in [0.3, 0.4) is 0 Å². The molecule has 8 aromatic carbocycles. The minimum atomic E-state index is -3.61. The first-order valence-corrected chi connectivity index (χ1v) is 23.4. The molecule has 0 fully saturated rings. The molecular weight excluding hydrogens is 1060 g/mol. The summed E-state index contributed by atoms with van der Waals surface area (Å²) >= 11 is 0. The Morgan fingerprint density at radius 2 is 1.32 bits per heavy atom. The molecule has 362 valence electrons. The summed E-state index contributed by atoms with van der Waals surface area (Å²) in [7, 11) is 0. The fourth-order valence-electron chi connectivity index (χ4n) is 9.56. The third kappa shape index (κ3) is 10.1. The van der Waals surface area contributed by atoms with E-state index in [2.05, 4.69) is 23.1 Å². The summed E-state index contributed by atoms with van der Waals surface area (Å²) in [5, 5.41) is 1.50. The maximum atomic E-state index is 9.40. The van der Waals surface area contributed by atoms with Gasteiger partial charge in [0, 0.05) is 80.1 Å². The van der Waals surface area contributed by atoms with Gasteiger partial charge in [0.1, 0.15) is 5.82 Å². The van der Waals surface area contributed by atoms with E-state index >= 15 is 0 Å². The van der Waals surface area contributed by atoms with Crippen LogP contribution in [0, 0.1) is 30.6 Å². The number of hydrogen-bond acceptors (Lipinski definition) is 4. The molecule has 0 spiro atoms. The van der Waals surface area contributed by atoms with Crippen LogP contribution in [-0.4, -0.2) is 16.1 Å². The van der Waals surface area contributed by atoms with Gasteiger partial charge >= 0.3 is 0 Å². The van der Waals surface area contributed by atoms with Gasteiger partial charge in [-0.05, 0) is 118 Å². The summed E-state index contributed by atoms with van der Waals surface area (Å²) in [6, 6.07) is 63.4. The van der Waals surface area contributed by atoms with Crippen LogP contribution >= 0.6 is 0 Å². The van der Waals surface area contributed by atoms with E-state index in [1.165, 1.54) is 18.3 Å². The predicted molar refractivity (Wildman–Crippen MR) is 295 cm³/mol. The van der Waals surface area contributed by atoms with Crippen molar-refractivity contribution in [3.63, 3.8) is 0 Å². The van der Waals surface area contributed by atoms with E-state index in [-0.39, 0.29) is 56.6 Å². The molecule has 0 unspecified atom stereocenters. The number of benzene rings is 8. The van der Waals surface area contributed by atoms with Crippen molar-refractivity contribution in [2.24, 2.45) is 11.8 Å². The average molecular weight is 1140 g/mol. The number of pyridine rings is 1. The fraction of sp³-hybridized carbons (Fsp3) is 0.182. The van der Waals surface area contributed by atoms with Gasteiger partial charge in [-0.15, -0.1) is 28.8 Å². The second-order valence-corrected chi connectivity index (χ2v) is 17.3. The molecule has 0 radical (unpaired) electrons. The van der Waals surface area contributed by atoms with Gasteiger partial charge < -0.3 is 19.1 Å².